The molecule has 6 heteroatoms. The zero-order valence-electron chi connectivity index (χ0n) is 12.4. The van der Waals surface area contributed by atoms with Crippen molar-refractivity contribution in [2.45, 2.75) is 25.7 Å². The zero-order valence-corrected chi connectivity index (χ0v) is 12.4. The zero-order chi connectivity index (χ0) is 15.7. The first-order chi connectivity index (χ1) is 10.6. The number of hydrogen-bond acceptors (Lipinski definition) is 4. The SMILES string of the molecule is CCOC(=O)CN1CC(c2cc3c(cc2F)OCC3)CC1=O. The van der Waals surface area contributed by atoms with Gasteiger partial charge in [0.15, 0.2) is 0 Å². The van der Waals surface area contributed by atoms with Gasteiger partial charge in [0.1, 0.15) is 18.1 Å². The van der Waals surface area contributed by atoms with Crippen LogP contribution < -0.4 is 4.74 Å². The number of hydrogen-bond donors (Lipinski definition) is 0. The number of likely N-dealkylation sites (tertiary alicyclic amines) is 1. The lowest BCUT2D eigenvalue weighted by Crippen LogP contribution is -2.32. The Kier molecular flexibility index (Phi) is 4.00. The molecule has 1 atom stereocenters. The Labute approximate surface area is 128 Å². The summed E-state index contributed by atoms with van der Waals surface area (Å²) in [5.74, 6) is -0.563. The van der Waals surface area contributed by atoms with Gasteiger partial charge in [-0.05, 0) is 24.1 Å². The second kappa shape index (κ2) is 5.94. The van der Waals surface area contributed by atoms with Crippen LogP contribution >= 0.6 is 0 Å². The van der Waals surface area contributed by atoms with E-state index in [4.69, 9.17) is 9.47 Å². The molecule has 2 aliphatic heterocycles. The normalized spacial score (nSPS) is 20.0. The van der Waals surface area contributed by atoms with Gasteiger partial charge in [0.2, 0.25) is 5.91 Å². The highest BCUT2D eigenvalue weighted by Gasteiger charge is 2.34. The molecule has 2 aliphatic rings. The standard InChI is InChI=1S/C16H18FNO4/c1-2-21-16(20)9-18-8-11(6-15(18)19)12-5-10-3-4-22-14(10)7-13(12)17/h5,7,11H,2-4,6,8-9H2,1H3. The van der Waals surface area contributed by atoms with Crippen LogP contribution in [0, 0.1) is 5.82 Å². The molecular formula is C16H18FNO4. The Morgan fingerprint density at radius 1 is 1.50 bits per heavy atom. The molecule has 0 aromatic heterocycles. The number of nitrogens with zero attached hydrogens (tertiary/aromatic N) is 1. The number of halogens is 1. The van der Waals surface area contributed by atoms with Gasteiger partial charge in [-0.3, -0.25) is 9.59 Å². The van der Waals surface area contributed by atoms with Crippen LogP contribution in [0.25, 0.3) is 0 Å². The number of esters is 1. The molecule has 1 aromatic rings. The molecule has 1 saturated heterocycles. The molecule has 1 fully saturated rings. The van der Waals surface area contributed by atoms with Crippen LogP contribution in [-0.4, -0.2) is 43.1 Å². The fourth-order valence-electron chi connectivity index (χ4n) is 3.03. The van der Waals surface area contributed by atoms with Gasteiger partial charge >= 0.3 is 5.97 Å². The van der Waals surface area contributed by atoms with Crippen molar-refractivity contribution in [1.29, 1.82) is 0 Å². The van der Waals surface area contributed by atoms with Crippen molar-refractivity contribution in [3.8, 4) is 5.75 Å². The van der Waals surface area contributed by atoms with Crippen LogP contribution in [0.1, 0.15) is 30.4 Å². The molecule has 1 unspecified atom stereocenters. The molecule has 2 heterocycles. The van der Waals surface area contributed by atoms with Gasteiger partial charge in [-0.15, -0.1) is 0 Å². The van der Waals surface area contributed by atoms with Gasteiger partial charge in [0.05, 0.1) is 13.2 Å². The number of amides is 1. The minimum absolute atomic E-state index is 0.0706. The maximum atomic E-state index is 14.2. The number of ether oxygens (including phenoxy) is 2. The average molecular weight is 307 g/mol. The third-order valence-electron chi connectivity index (χ3n) is 4.09. The quantitative estimate of drug-likeness (QED) is 0.794. The molecule has 0 saturated carbocycles. The lowest BCUT2D eigenvalue weighted by Gasteiger charge is -2.16. The predicted octanol–water partition coefficient (Wildman–Crippen LogP) is 1.64. The summed E-state index contributed by atoms with van der Waals surface area (Å²) in [6.45, 7) is 2.84. The van der Waals surface area contributed by atoms with Crippen LogP contribution in [0.15, 0.2) is 12.1 Å². The van der Waals surface area contributed by atoms with E-state index >= 15 is 0 Å². The van der Waals surface area contributed by atoms with Crippen molar-refractivity contribution in [3.05, 3.63) is 29.1 Å². The topological polar surface area (TPSA) is 55.8 Å². The Hall–Kier alpha value is -2.11. The van der Waals surface area contributed by atoms with Crippen LogP contribution in [-0.2, 0) is 20.7 Å². The summed E-state index contributed by atoms with van der Waals surface area (Å²) in [5.41, 5.74) is 1.51. The van der Waals surface area contributed by atoms with Crippen LogP contribution in [0.5, 0.6) is 5.75 Å². The number of carbonyl (C=O) groups is 2. The summed E-state index contributed by atoms with van der Waals surface area (Å²) in [6.07, 6.45) is 0.978. The van der Waals surface area contributed by atoms with E-state index in [9.17, 15) is 14.0 Å². The van der Waals surface area contributed by atoms with Gasteiger partial charge in [-0.25, -0.2) is 4.39 Å². The fourth-order valence-corrected chi connectivity index (χ4v) is 3.03. The van der Waals surface area contributed by atoms with Gasteiger partial charge in [-0.1, -0.05) is 0 Å². The smallest absolute Gasteiger partial charge is 0.325 e. The highest BCUT2D eigenvalue weighted by molar-refractivity contribution is 5.84. The maximum absolute atomic E-state index is 14.2. The van der Waals surface area contributed by atoms with Gasteiger partial charge in [0.25, 0.3) is 0 Å². The molecule has 3 rings (SSSR count). The van der Waals surface area contributed by atoms with Crippen molar-refractivity contribution in [3.63, 3.8) is 0 Å². The Bertz CT molecular complexity index is 616. The minimum Gasteiger partial charge on any atom is -0.493 e. The number of fused-ring (bicyclic) bond motifs is 1. The van der Waals surface area contributed by atoms with Crippen molar-refractivity contribution >= 4 is 11.9 Å². The van der Waals surface area contributed by atoms with E-state index in [1.165, 1.54) is 11.0 Å². The average Bonchev–Trinajstić information content (AvgIpc) is 3.05. The van der Waals surface area contributed by atoms with Crippen molar-refractivity contribution < 1.29 is 23.5 Å². The third-order valence-corrected chi connectivity index (χ3v) is 4.09. The van der Waals surface area contributed by atoms with E-state index in [2.05, 4.69) is 0 Å². The molecule has 0 N–H and O–H groups in total. The second-order valence-electron chi connectivity index (χ2n) is 5.56. The van der Waals surface area contributed by atoms with E-state index in [1.54, 1.807) is 13.0 Å². The largest absolute Gasteiger partial charge is 0.493 e. The van der Waals surface area contributed by atoms with Crippen molar-refractivity contribution in [2.75, 3.05) is 26.3 Å². The van der Waals surface area contributed by atoms with Gasteiger partial charge in [0, 0.05) is 31.4 Å². The Morgan fingerprint density at radius 2 is 2.32 bits per heavy atom. The van der Waals surface area contributed by atoms with Gasteiger partial charge in [-0.2, -0.15) is 0 Å². The van der Waals surface area contributed by atoms with E-state index in [-0.39, 0.29) is 37.2 Å². The second-order valence-corrected chi connectivity index (χ2v) is 5.56. The van der Waals surface area contributed by atoms with E-state index in [0.29, 0.717) is 24.5 Å². The van der Waals surface area contributed by atoms with Crippen molar-refractivity contribution in [2.24, 2.45) is 0 Å². The Balaban J connectivity index is 1.74. The van der Waals surface area contributed by atoms with Crippen LogP contribution in [0.2, 0.25) is 0 Å². The van der Waals surface area contributed by atoms with Crippen LogP contribution in [0.3, 0.4) is 0 Å². The molecule has 1 amide bonds. The molecule has 118 valence electrons. The molecule has 0 spiro atoms. The van der Waals surface area contributed by atoms with E-state index in [1.807, 2.05) is 0 Å². The first-order valence-electron chi connectivity index (χ1n) is 7.47. The fraction of sp³-hybridized carbons (Fsp3) is 0.500. The van der Waals surface area contributed by atoms with E-state index in [0.717, 1.165) is 12.0 Å². The van der Waals surface area contributed by atoms with Crippen LogP contribution in [0.4, 0.5) is 4.39 Å². The first kappa shape index (κ1) is 14.8. The van der Waals surface area contributed by atoms with E-state index < -0.39 is 5.97 Å². The monoisotopic (exact) mass is 307 g/mol. The lowest BCUT2D eigenvalue weighted by atomic mass is 9.95. The van der Waals surface area contributed by atoms with Crippen molar-refractivity contribution in [1.82, 2.24) is 4.90 Å². The summed E-state index contributed by atoms with van der Waals surface area (Å²) in [6, 6.07) is 3.19. The summed E-state index contributed by atoms with van der Waals surface area (Å²) in [7, 11) is 0. The molecule has 1 aromatic carbocycles. The molecule has 22 heavy (non-hydrogen) atoms. The highest BCUT2D eigenvalue weighted by Crippen LogP contribution is 2.35. The molecular weight excluding hydrogens is 289 g/mol. The molecule has 0 radical (unpaired) electrons. The maximum Gasteiger partial charge on any atom is 0.325 e. The number of rotatable bonds is 4. The lowest BCUT2D eigenvalue weighted by molar-refractivity contribution is -0.147. The molecule has 5 nitrogen and oxygen atoms in total. The third kappa shape index (κ3) is 2.77. The molecule has 0 aliphatic carbocycles. The number of carbonyl (C=O) groups excluding carboxylic acids is 2. The summed E-state index contributed by atoms with van der Waals surface area (Å²) in [5, 5.41) is 0. The van der Waals surface area contributed by atoms with Gasteiger partial charge < -0.3 is 14.4 Å². The predicted molar refractivity (Wildman–Crippen MR) is 76.2 cm³/mol. The first-order valence-corrected chi connectivity index (χ1v) is 7.47. The minimum atomic E-state index is -0.431. The summed E-state index contributed by atoms with van der Waals surface area (Å²) < 4.78 is 24.4. The summed E-state index contributed by atoms with van der Waals surface area (Å²) in [4.78, 5) is 25.0. The highest BCUT2D eigenvalue weighted by atomic mass is 19.1. The molecule has 0 bridgehead atoms. The Morgan fingerprint density at radius 3 is 3.09 bits per heavy atom. The summed E-state index contributed by atoms with van der Waals surface area (Å²) >= 11 is 0. The number of benzene rings is 1.